The van der Waals surface area contributed by atoms with E-state index >= 15 is 0 Å². The fraction of sp³-hybridized carbons (Fsp3) is 0.700. The van der Waals surface area contributed by atoms with Crippen LogP contribution in [0.5, 0.6) is 0 Å². The number of nitrogens with two attached hydrogens (primary N) is 1. The summed E-state index contributed by atoms with van der Waals surface area (Å²) >= 11 is 0. The third-order valence-corrected chi connectivity index (χ3v) is 1.63. The fourth-order valence-electron chi connectivity index (χ4n) is 0.813. The number of hydrogen-bond donors (Lipinski definition) is 3. The van der Waals surface area contributed by atoms with Gasteiger partial charge in [0.1, 0.15) is 0 Å². The Morgan fingerprint density at radius 2 is 1.75 bits per heavy atom. The average molecular weight is 232 g/mol. The van der Waals surface area contributed by atoms with Crippen LogP contribution in [-0.2, 0) is 14.4 Å². The van der Waals surface area contributed by atoms with Gasteiger partial charge in [0.05, 0.1) is 12.5 Å². The Hall–Kier alpha value is -1.43. The molecule has 1 unspecified atom stereocenters. The molecular weight excluding hydrogens is 212 g/mol. The molecule has 0 fully saturated rings. The largest absolute Gasteiger partial charge is 0.481 e. The highest BCUT2D eigenvalue weighted by Crippen LogP contribution is 1.91. The standard InChI is InChI=1S/C8H14N2O4.C2H6/c1-5(11)6(4-9)10-7(12)2-3-8(13)14;1-2/h6H,2-4,9H2,1H3,(H,10,12)(H,13,14);1-2H3. The number of nitrogens with one attached hydrogen (secondary N) is 1. The van der Waals surface area contributed by atoms with E-state index in [1.54, 1.807) is 0 Å². The lowest BCUT2D eigenvalue weighted by molar-refractivity contribution is -0.139. The van der Waals surface area contributed by atoms with Crippen molar-refractivity contribution in [2.75, 3.05) is 6.54 Å². The second kappa shape index (κ2) is 10.1. The van der Waals surface area contributed by atoms with E-state index in [-0.39, 0.29) is 25.2 Å². The Labute approximate surface area is 95.2 Å². The molecule has 0 aromatic carbocycles. The fourth-order valence-corrected chi connectivity index (χ4v) is 0.813. The van der Waals surface area contributed by atoms with Gasteiger partial charge < -0.3 is 16.2 Å². The number of hydrogen-bond acceptors (Lipinski definition) is 4. The van der Waals surface area contributed by atoms with Gasteiger partial charge in [0.15, 0.2) is 5.78 Å². The normalized spacial score (nSPS) is 10.8. The number of carboxylic acids is 1. The summed E-state index contributed by atoms with van der Waals surface area (Å²) in [6.45, 7) is 5.34. The average Bonchev–Trinajstić information content (AvgIpc) is 2.25. The van der Waals surface area contributed by atoms with Gasteiger partial charge in [-0.3, -0.25) is 14.4 Å². The minimum atomic E-state index is -1.05. The van der Waals surface area contributed by atoms with Crippen LogP contribution >= 0.6 is 0 Å². The van der Waals surface area contributed by atoms with Gasteiger partial charge in [-0.1, -0.05) is 13.8 Å². The first-order valence-corrected chi connectivity index (χ1v) is 5.19. The van der Waals surface area contributed by atoms with Crippen LogP contribution in [0.25, 0.3) is 0 Å². The molecule has 0 spiro atoms. The number of carbonyl (C=O) groups excluding carboxylic acids is 2. The third kappa shape index (κ3) is 9.14. The second-order valence-electron chi connectivity index (χ2n) is 2.86. The van der Waals surface area contributed by atoms with Crippen LogP contribution in [0.2, 0.25) is 0 Å². The Morgan fingerprint density at radius 3 is 2.06 bits per heavy atom. The van der Waals surface area contributed by atoms with Gasteiger partial charge in [-0.25, -0.2) is 0 Å². The number of carboxylic acid groups (broad SMARTS) is 1. The van der Waals surface area contributed by atoms with Crippen LogP contribution < -0.4 is 11.1 Å². The monoisotopic (exact) mass is 232 g/mol. The van der Waals surface area contributed by atoms with Crippen LogP contribution in [0, 0.1) is 0 Å². The van der Waals surface area contributed by atoms with E-state index in [1.165, 1.54) is 6.92 Å². The molecule has 0 aromatic rings. The Kier molecular flexibility index (Phi) is 10.7. The summed E-state index contributed by atoms with van der Waals surface area (Å²) < 4.78 is 0. The lowest BCUT2D eigenvalue weighted by Gasteiger charge is -2.12. The van der Waals surface area contributed by atoms with E-state index < -0.39 is 17.9 Å². The van der Waals surface area contributed by atoms with Crippen molar-refractivity contribution in [3.05, 3.63) is 0 Å². The predicted molar refractivity (Wildman–Crippen MR) is 59.9 cm³/mol. The first-order valence-electron chi connectivity index (χ1n) is 5.19. The van der Waals surface area contributed by atoms with Crippen molar-refractivity contribution >= 4 is 17.7 Å². The topological polar surface area (TPSA) is 109 Å². The molecule has 0 aliphatic rings. The zero-order chi connectivity index (χ0) is 13.1. The molecule has 4 N–H and O–H groups in total. The summed E-state index contributed by atoms with van der Waals surface area (Å²) in [5, 5.41) is 10.6. The molecule has 0 saturated carbocycles. The molecule has 0 radical (unpaired) electrons. The molecule has 1 amide bonds. The van der Waals surface area contributed by atoms with Crippen molar-refractivity contribution in [1.82, 2.24) is 5.32 Å². The van der Waals surface area contributed by atoms with Gasteiger partial charge in [-0.05, 0) is 6.92 Å². The predicted octanol–water partition coefficient (Wildman–Crippen LogP) is -0.0901. The molecule has 0 aromatic heterocycles. The van der Waals surface area contributed by atoms with E-state index in [2.05, 4.69) is 5.32 Å². The third-order valence-electron chi connectivity index (χ3n) is 1.63. The van der Waals surface area contributed by atoms with Crippen LogP contribution in [0.4, 0.5) is 0 Å². The SMILES string of the molecule is CC.CC(=O)C(CN)NC(=O)CCC(=O)O. The second-order valence-corrected chi connectivity index (χ2v) is 2.86. The zero-order valence-corrected chi connectivity index (χ0v) is 9.95. The van der Waals surface area contributed by atoms with Crippen molar-refractivity contribution in [3.8, 4) is 0 Å². The molecule has 94 valence electrons. The van der Waals surface area contributed by atoms with Crippen molar-refractivity contribution in [2.24, 2.45) is 5.73 Å². The van der Waals surface area contributed by atoms with E-state index in [0.29, 0.717) is 0 Å². The van der Waals surface area contributed by atoms with E-state index in [4.69, 9.17) is 10.8 Å². The molecule has 0 heterocycles. The minimum Gasteiger partial charge on any atom is -0.481 e. The maximum absolute atomic E-state index is 11.0. The maximum Gasteiger partial charge on any atom is 0.303 e. The summed E-state index contributed by atoms with van der Waals surface area (Å²) in [7, 11) is 0. The summed E-state index contributed by atoms with van der Waals surface area (Å²) in [4.78, 5) is 32.0. The number of rotatable bonds is 6. The van der Waals surface area contributed by atoms with Gasteiger partial charge in [-0.15, -0.1) is 0 Å². The summed E-state index contributed by atoms with van der Waals surface area (Å²) in [5.74, 6) is -1.76. The first-order chi connectivity index (χ1) is 7.47. The molecule has 0 rings (SSSR count). The highest BCUT2D eigenvalue weighted by Gasteiger charge is 2.15. The van der Waals surface area contributed by atoms with E-state index in [9.17, 15) is 14.4 Å². The maximum atomic E-state index is 11.0. The van der Waals surface area contributed by atoms with Gasteiger partial charge in [0.2, 0.25) is 5.91 Å². The first kappa shape index (κ1) is 17.0. The molecule has 16 heavy (non-hydrogen) atoms. The minimum absolute atomic E-state index is 0.0220. The highest BCUT2D eigenvalue weighted by molar-refractivity contribution is 5.88. The van der Waals surface area contributed by atoms with Gasteiger partial charge in [-0.2, -0.15) is 0 Å². The molecular formula is C10H20N2O4. The number of amides is 1. The van der Waals surface area contributed by atoms with Gasteiger partial charge in [0.25, 0.3) is 0 Å². The summed E-state index contributed by atoms with van der Waals surface area (Å²) in [6.07, 6.45) is -0.389. The summed E-state index contributed by atoms with van der Waals surface area (Å²) in [5.41, 5.74) is 5.23. The number of aliphatic carboxylic acids is 1. The molecule has 0 saturated heterocycles. The van der Waals surface area contributed by atoms with Gasteiger partial charge in [0, 0.05) is 13.0 Å². The van der Waals surface area contributed by atoms with Crippen LogP contribution in [-0.4, -0.2) is 35.4 Å². The number of carbonyl (C=O) groups is 3. The van der Waals surface area contributed by atoms with Crippen LogP contribution in [0.3, 0.4) is 0 Å². The quantitative estimate of drug-likeness (QED) is 0.593. The van der Waals surface area contributed by atoms with E-state index in [0.717, 1.165) is 0 Å². The van der Waals surface area contributed by atoms with Crippen molar-refractivity contribution in [3.63, 3.8) is 0 Å². The van der Waals surface area contributed by atoms with E-state index in [1.807, 2.05) is 13.8 Å². The lowest BCUT2D eigenvalue weighted by atomic mass is 10.2. The Balaban J connectivity index is 0. The molecule has 1 atom stereocenters. The Morgan fingerprint density at radius 1 is 1.25 bits per heavy atom. The molecule has 0 aliphatic heterocycles. The molecule has 6 heteroatoms. The van der Waals surface area contributed by atoms with Crippen molar-refractivity contribution in [1.29, 1.82) is 0 Å². The molecule has 0 aliphatic carbocycles. The smallest absolute Gasteiger partial charge is 0.303 e. The zero-order valence-electron chi connectivity index (χ0n) is 9.95. The molecule has 6 nitrogen and oxygen atoms in total. The lowest BCUT2D eigenvalue weighted by Crippen LogP contribution is -2.44. The summed E-state index contributed by atoms with van der Waals surface area (Å²) in [6, 6.07) is -0.712. The van der Waals surface area contributed by atoms with Crippen molar-refractivity contribution in [2.45, 2.75) is 39.7 Å². The van der Waals surface area contributed by atoms with Gasteiger partial charge >= 0.3 is 5.97 Å². The van der Waals surface area contributed by atoms with Crippen molar-refractivity contribution < 1.29 is 19.5 Å². The number of ketones is 1. The molecule has 0 bridgehead atoms. The number of Topliss-reactive ketones (excluding diaryl/α,β-unsaturated/α-hetero) is 1. The highest BCUT2D eigenvalue weighted by atomic mass is 16.4. The van der Waals surface area contributed by atoms with Crippen LogP contribution in [0.15, 0.2) is 0 Å². The Bertz CT molecular complexity index is 241. The van der Waals surface area contributed by atoms with Crippen LogP contribution in [0.1, 0.15) is 33.6 Å².